The summed E-state index contributed by atoms with van der Waals surface area (Å²) in [7, 11) is 0. The highest BCUT2D eigenvalue weighted by Gasteiger charge is 2.09. The van der Waals surface area contributed by atoms with E-state index >= 15 is 0 Å². The number of aliphatic hydroxyl groups excluding tert-OH is 1. The first-order chi connectivity index (χ1) is 14.9. The molecule has 1 aliphatic heterocycles. The van der Waals surface area contributed by atoms with Crippen LogP contribution in [0.15, 0.2) is 0 Å². The molecule has 1 fully saturated rings. The second kappa shape index (κ2) is 23.3. The van der Waals surface area contributed by atoms with Crippen LogP contribution >= 0.6 is 0 Å². The van der Waals surface area contributed by atoms with Gasteiger partial charge in [-0.25, -0.2) is 0 Å². The van der Waals surface area contributed by atoms with Crippen molar-refractivity contribution >= 4 is 0 Å². The monoisotopic (exact) mass is 439 g/mol. The summed E-state index contributed by atoms with van der Waals surface area (Å²) < 4.78 is 43.0. The zero-order valence-corrected chi connectivity index (χ0v) is 18.3. The highest BCUT2D eigenvalue weighted by Crippen LogP contribution is 1.95. The molecule has 1 aliphatic rings. The first-order valence-corrected chi connectivity index (χ1v) is 10.9. The summed E-state index contributed by atoms with van der Waals surface area (Å²) in [6.07, 6.45) is 0. The summed E-state index contributed by atoms with van der Waals surface area (Å²) in [4.78, 5) is 2.35. The van der Waals surface area contributed by atoms with Crippen molar-refractivity contribution in [3.05, 3.63) is 0 Å². The van der Waals surface area contributed by atoms with E-state index in [-0.39, 0.29) is 6.61 Å². The summed E-state index contributed by atoms with van der Waals surface area (Å²) in [5, 5.41) is 8.54. The molecular formula is C20H41NO9. The predicted molar refractivity (Wildman–Crippen MR) is 110 cm³/mol. The summed E-state index contributed by atoms with van der Waals surface area (Å²) in [6.45, 7) is 12.1. The van der Waals surface area contributed by atoms with E-state index in [0.717, 1.165) is 39.5 Å². The van der Waals surface area contributed by atoms with Crippen molar-refractivity contribution in [2.45, 2.75) is 0 Å². The lowest BCUT2D eigenvalue weighted by atomic mass is 10.4. The summed E-state index contributed by atoms with van der Waals surface area (Å²) in [6, 6.07) is 0. The first-order valence-electron chi connectivity index (χ1n) is 10.9. The van der Waals surface area contributed by atoms with Crippen LogP contribution in [0.1, 0.15) is 0 Å². The maximum atomic E-state index is 8.54. The van der Waals surface area contributed by atoms with Crippen LogP contribution < -0.4 is 0 Å². The third-order valence-electron chi connectivity index (χ3n) is 4.12. The van der Waals surface area contributed by atoms with Crippen molar-refractivity contribution in [3.63, 3.8) is 0 Å². The fourth-order valence-corrected chi connectivity index (χ4v) is 2.50. The largest absolute Gasteiger partial charge is 0.394 e. The van der Waals surface area contributed by atoms with Crippen LogP contribution in [-0.2, 0) is 37.9 Å². The topological polar surface area (TPSA) is 97.3 Å². The van der Waals surface area contributed by atoms with Gasteiger partial charge in [0.1, 0.15) is 0 Å². The van der Waals surface area contributed by atoms with Gasteiger partial charge in [0.25, 0.3) is 0 Å². The van der Waals surface area contributed by atoms with Crippen molar-refractivity contribution in [2.24, 2.45) is 0 Å². The number of hydrogen-bond acceptors (Lipinski definition) is 10. The van der Waals surface area contributed by atoms with Gasteiger partial charge >= 0.3 is 0 Å². The summed E-state index contributed by atoms with van der Waals surface area (Å²) >= 11 is 0. The van der Waals surface area contributed by atoms with Crippen LogP contribution in [-0.4, -0.2) is 142 Å². The molecule has 1 rings (SSSR count). The van der Waals surface area contributed by atoms with E-state index < -0.39 is 0 Å². The van der Waals surface area contributed by atoms with Gasteiger partial charge in [-0.1, -0.05) is 0 Å². The van der Waals surface area contributed by atoms with Crippen molar-refractivity contribution in [2.75, 3.05) is 132 Å². The molecule has 0 aromatic rings. The number of ether oxygens (including phenoxy) is 8. The van der Waals surface area contributed by atoms with Crippen LogP contribution in [0.3, 0.4) is 0 Å². The molecule has 0 unspecified atom stereocenters. The Balaban J connectivity index is 1.63. The van der Waals surface area contributed by atoms with Crippen molar-refractivity contribution in [1.29, 1.82) is 0 Å². The van der Waals surface area contributed by atoms with E-state index in [1.54, 1.807) is 0 Å². The molecule has 0 amide bonds. The average Bonchev–Trinajstić information content (AvgIpc) is 2.78. The molecule has 0 spiro atoms. The average molecular weight is 440 g/mol. The zero-order chi connectivity index (χ0) is 21.4. The lowest BCUT2D eigenvalue weighted by molar-refractivity contribution is -0.0231. The predicted octanol–water partition coefficient (Wildman–Crippen LogP) is -0.573. The number of hydrogen-bond donors (Lipinski definition) is 1. The van der Waals surface area contributed by atoms with E-state index in [1.807, 2.05) is 0 Å². The van der Waals surface area contributed by atoms with Gasteiger partial charge in [-0.15, -0.1) is 0 Å². The van der Waals surface area contributed by atoms with E-state index in [4.69, 9.17) is 43.0 Å². The van der Waals surface area contributed by atoms with Crippen LogP contribution in [0.25, 0.3) is 0 Å². The normalized spacial score (nSPS) is 15.1. The summed E-state index contributed by atoms with van der Waals surface area (Å²) in [5.41, 5.74) is 0. The molecule has 1 saturated heterocycles. The molecule has 0 aliphatic carbocycles. The van der Waals surface area contributed by atoms with Crippen LogP contribution in [0.2, 0.25) is 0 Å². The Bertz CT molecular complexity index is 333. The van der Waals surface area contributed by atoms with Gasteiger partial charge in [-0.05, 0) is 0 Å². The van der Waals surface area contributed by atoms with Crippen molar-refractivity contribution < 1.29 is 43.0 Å². The second-order valence-corrected chi connectivity index (χ2v) is 6.46. The molecule has 10 nitrogen and oxygen atoms in total. The minimum Gasteiger partial charge on any atom is -0.394 e. The Labute approximate surface area is 180 Å². The molecule has 0 bridgehead atoms. The maximum absolute atomic E-state index is 8.54. The van der Waals surface area contributed by atoms with Crippen LogP contribution in [0.5, 0.6) is 0 Å². The molecule has 30 heavy (non-hydrogen) atoms. The van der Waals surface area contributed by atoms with Gasteiger partial charge in [0.2, 0.25) is 0 Å². The standard InChI is InChI=1S/C20H41NO9/c22-4-8-25-10-12-27-14-16-29-18-20-30-19-17-28-15-13-26-11-9-24-7-3-21-1-5-23-6-2-21/h22H,1-20H2. The quantitative estimate of drug-likeness (QED) is 0.208. The minimum absolute atomic E-state index is 0.0354. The van der Waals surface area contributed by atoms with Gasteiger partial charge in [-0.3, -0.25) is 4.90 Å². The lowest BCUT2D eigenvalue weighted by Gasteiger charge is -2.26. The minimum atomic E-state index is 0.0354. The van der Waals surface area contributed by atoms with Gasteiger partial charge in [0.05, 0.1) is 112 Å². The third kappa shape index (κ3) is 19.6. The summed E-state index contributed by atoms with van der Waals surface area (Å²) in [5.74, 6) is 0. The highest BCUT2D eigenvalue weighted by molar-refractivity contribution is 4.60. The molecule has 0 saturated carbocycles. The molecule has 1 N–H and O–H groups in total. The Morgan fingerprint density at radius 3 is 1.20 bits per heavy atom. The number of morpholine rings is 1. The first kappa shape index (κ1) is 27.6. The van der Waals surface area contributed by atoms with Crippen molar-refractivity contribution in [1.82, 2.24) is 4.90 Å². The maximum Gasteiger partial charge on any atom is 0.0701 e. The fourth-order valence-electron chi connectivity index (χ4n) is 2.50. The second-order valence-electron chi connectivity index (χ2n) is 6.46. The number of aliphatic hydroxyl groups is 1. The number of nitrogens with zero attached hydrogens (tertiary/aromatic N) is 1. The third-order valence-corrected chi connectivity index (χ3v) is 4.12. The molecule has 0 radical (unpaired) electrons. The van der Waals surface area contributed by atoms with Crippen LogP contribution in [0.4, 0.5) is 0 Å². The van der Waals surface area contributed by atoms with Gasteiger partial charge in [0, 0.05) is 19.6 Å². The fraction of sp³-hybridized carbons (Fsp3) is 1.00. The van der Waals surface area contributed by atoms with Crippen LogP contribution in [0, 0.1) is 0 Å². The molecule has 0 aromatic heterocycles. The SMILES string of the molecule is OCCOCCOCCOCCOCCOCCOCCOCCN1CCOCC1. The molecule has 0 atom stereocenters. The van der Waals surface area contributed by atoms with Gasteiger partial charge < -0.3 is 43.0 Å². The Hall–Kier alpha value is -0.400. The van der Waals surface area contributed by atoms with E-state index in [2.05, 4.69) is 4.90 Å². The molecule has 1 heterocycles. The van der Waals surface area contributed by atoms with E-state index in [9.17, 15) is 0 Å². The number of rotatable bonds is 23. The molecular weight excluding hydrogens is 398 g/mol. The lowest BCUT2D eigenvalue weighted by Crippen LogP contribution is -2.38. The zero-order valence-electron chi connectivity index (χ0n) is 18.3. The molecule has 0 aromatic carbocycles. The smallest absolute Gasteiger partial charge is 0.0701 e. The Kier molecular flexibility index (Phi) is 21.4. The van der Waals surface area contributed by atoms with Gasteiger partial charge in [0.15, 0.2) is 0 Å². The van der Waals surface area contributed by atoms with Gasteiger partial charge in [-0.2, -0.15) is 0 Å². The highest BCUT2D eigenvalue weighted by atomic mass is 16.6. The van der Waals surface area contributed by atoms with Crippen molar-refractivity contribution in [3.8, 4) is 0 Å². The Morgan fingerprint density at radius 2 is 0.833 bits per heavy atom. The molecule has 10 heteroatoms. The van der Waals surface area contributed by atoms with E-state index in [0.29, 0.717) is 85.9 Å². The Morgan fingerprint density at radius 1 is 0.500 bits per heavy atom. The van der Waals surface area contributed by atoms with E-state index in [1.165, 1.54) is 0 Å². The molecule has 180 valence electrons.